The van der Waals surface area contributed by atoms with E-state index in [1.165, 1.54) is 0 Å². The van der Waals surface area contributed by atoms with Gasteiger partial charge in [-0.05, 0) is 12.5 Å². The first kappa shape index (κ1) is 11.2. The number of carboxylic acid groups (broad SMARTS) is 1. The Morgan fingerprint density at radius 3 is 2.87 bits per heavy atom. The second kappa shape index (κ2) is 5.14. The number of amides is 1. The van der Waals surface area contributed by atoms with Crippen LogP contribution in [0.2, 0.25) is 0 Å². The molecule has 0 heterocycles. The SMILES string of the molecule is Cc1cccc(C(CC(=O)O)NC=O)c1. The molecule has 80 valence electrons. The van der Waals surface area contributed by atoms with Gasteiger partial charge in [-0.25, -0.2) is 0 Å². The van der Waals surface area contributed by atoms with E-state index in [0.29, 0.717) is 6.41 Å². The lowest BCUT2D eigenvalue weighted by Crippen LogP contribution is -2.22. The highest BCUT2D eigenvalue weighted by Gasteiger charge is 2.14. The summed E-state index contributed by atoms with van der Waals surface area (Å²) in [6, 6.07) is 6.97. The van der Waals surface area contributed by atoms with Crippen molar-refractivity contribution in [3.63, 3.8) is 0 Å². The third-order valence-corrected chi connectivity index (χ3v) is 2.09. The third-order valence-electron chi connectivity index (χ3n) is 2.09. The Morgan fingerprint density at radius 2 is 2.33 bits per heavy atom. The molecule has 0 spiro atoms. The highest BCUT2D eigenvalue weighted by atomic mass is 16.4. The van der Waals surface area contributed by atoms with E-state index in [4.69, 9.17) is 5.11 Å². The average molecular weight is 207 g/mol. The fraction of sp³-hybridized carbons (Fsp3) is 0.273. The predicted octanol–water partition coefficient (Wildman–Crippen LogP) is 1.26. The van der Waals surface area contributed by atoms with Crippen LogP contribution in [-0.2, 0) is 9.59 Å². The van der Waals surface area contributed by atoms with Crippen molar-refractivity contribution >= 4 is 12.4 Å². The summed E-state index contributed by atoms with van der Waals surface area (Å²) in [5, 5.41) is 11.2. The van der Waals surface area contributed by atoms with Crippen molar-refractivity contribution in [1.82, 2.24) is 5.32 Å². The molecule has 0 fully saturated rings. The van der Waals surface area contributed by atoms with Gasteiger partial charge in [-0.15, -0.1) is 0 Å². The summed E-state index contributed by atoms with van der Waals surface area (Å²) in [6.45, 7) is 1.92. The summed E-state index contributed by atoms with van der Waals surface area (Å²) in [4.78, 5) is 20.9. The van der Waals surface area contributed by atoms with E-state index in [-0.39, 0.29) is 6.42 Å². The molecule has 1 aromatic carbocycles. The van der Waals surface area contributed by atoms with Gasteiger partial charge < -0.3 is 10.4 Å². The molecule has 15 heavy (non-hydrogen) atoms. The molecular formula is C11H13NO3. The normalized spacial score (nSPS) is 11.8. The minimum atomic E-state index is -0.934. The summed E-state index contributed by atoms with van der Waals surface area (Å²) in [6.07, 6.45) is 0.415. The lowest BCUT2D eigenvalue weighted by molar-refractivity contribution is -0.137. The molecular weight excluding hydrogens is 194 g/mol. The highest BCUT2D eigenvalue weighted by molar-refractivity contribution is 5.68. The largest absolute Gasteiger partial charge is 0.481 e. The molecule has 0 saturated heterocycles. The summed E-state index contributed by atoms with van der Waals surface area (Å²) in [5.74, 6) is -0.934. The van der Waals surface area contributed by atoms with Crippen LogP contribution in [0.4, 0.5) is 0 Å². The number of carboxylic acids is 1. The topological polar surface area (TPSA) is 66.4 Å². The lowest BCUT2D eigenvalue weighted by Gasteiger charge is -2.14. The van der Waals surface area contributed by atoms with Crippen LogP contribution in [0.5, 0.6) is 0 Å². The fourth-order valence-corrected chi connectivity index (χ4v) is 1.42. The van der Waals surface area contributed by atoms with Gasteiger partial charge in [0, 0.05) is 0 Å². The van der Waals surface area contributed by atoms with Gasteiger partial charge in [0.2, 0.25) is 6.41 Å². The number of nitrogens with one attached hydrogen (secondary N) is 1. The number of carbonyl (C=O) groups is 2. The van der Waals surface area contributed by atoms with Crippen molar-refractivity contribution in [2.24, 2.45) is 0 Å². The molecule has 0 radical (unpaired) electrons. The third kappa shape index (κ3) is 3.42. The van der Waals surface area contributed by atoms with Gasteiger partial charge in [0.1, 0.15) is 0 Å². The van der Waals surface area contributed by atoms with Gasteiger partial charge in [-0.3, -0.25) is 9.59 Å². The molecule has 4 heteroatoms. The van der Waals surface area contributed by atoms with Gasteiger partial charge in [0.25, 0.3) is 0 Å². The zero-order chi connectivity index (χ0) is 11.3. The first-order valence-corrected chi connectivity index (χ1v) is 4.61. The van der Waals surface area contributed by atoms with Gasteiger partial charge in [-0.1, -0.05) is 29.8 Å². The maximum absolute atomic E-state index is 10.6. The van der Waals surface area contributed by atoms with Gasteiger partial charge in [0.05, 0.1) is 12.5 Å². The van der Waals surface area contributed by atoms with Crippen LogP contribution in [0.25, 0.3) is 0 Å². The molecule has 1 amide bonds. The maximum atomic E-state index is 10.6. The molecule has 1 unspecified atom stereocenters. The summed E-state index contributed by atoms with van der Waals surface area (Å²) in [5.41, 5.74) is 1.85. The molecule has 0 aliphatic heterocycles. The van der Waals surface area contributed by atoms with Crippen LogP contribution in [-0.4, -0.2) is 17.5 Å². The van der Waals surface area contributed by atoms with Crippen molar-refractivity contribution in [3.8, 4) is 0 Å². The van der Waals surface area contributed by atoms with Crippen LogP contribution < -0.4 is 5.32 Å². The predicted molar refractivity (Wildman–Crippen MR) is 55.4 cm³/mol. The van der Waals surface area contributed by atoms with Crippen molar-refractivity contribution in [2.75, 3.05) is 0 Å². The van der Waals surface area contributed by atoms with E-state index in [1.54, 1.807) is 6.07 Å². The van der Waals surface area contributed by atoms with E-state index >= 15 is 0 Å². The molecule has 1 rings (SSSR count). The molecule has 0 saturated carbocycles. The number of hydrogen-bond donors (Lipinski definition) is 2. The van der Waals surface area contributed by atoms with Gasteiger partial charge in [-0.2, -0.15) is 0 Å². The van der Waals surface area contributed by atoms with Crippen LogP contribution >= 0.6 is 0 Å². The zero-order valence-corrected chi connectivity index (χ0v) is 8.43. The molecule has 1 atom stereocenters. The molecule has 0 aliphatic carbocycles. The lowest BCUT2D eigenvalue weighted by atomic mass is 10.0. The maximum Gasteiger partial charge on any atom is 0.305 e. The Hall–Kier alpha value is -1.84. The van der Waals surface area contributed by atoms with Crippen LogP contribution in [0.15, 0.2) is 24.3 Å². The van der Waals surface area contributed by atoms with E-state index < -0.39 is 12.0 Å². The number of carbonyl (C=O) groups excluding carboxylic acids is 1. The first-order valence-electron chi connectivity index (χ1n) is 4.61. The minimum absolute atomic E-state index is 0.109. The molecule has 1 aromatic rings. The van der Waals surface area contributed by atoms with Crippen molar-refractivity contribution in [1.29, 1.82) is 0 Å². The Kier molecular flexibility index (Phi) is 3.85. The Labute approximate surface area is 87.9 Å². The van der Waals surface area contributed by atoms with E-state index in [2.05, 4.69) is 5.32 Å². The molecule has 0 bridgehead atoms. The molecule has 4 nitrogen and oxygen atoms in total. The standard InChI is InChI=1S/C11H13NO3/c1-8-3-2-4-9(5-8)10(12-7-13)6-11(14)15/h2-5,7,10H,6H2,1H3,(H,12,13)(H,14,15). The summed E-state index contributed by atoms with van der Waals surface area (Å²) < 4.78 is 0. The number of aliphatic carboxylic acids is 1. The van der Waals surface area contributed by atoms with Crippen molar-refractivity contribution < 1.29 is 14.7 Å². The number of aryl methyl sites for hydroxylation is 1. The van der Waals surface area contributed by atoms with Crippen molar-refractivity contribution in [3.05, 3.63) is 35.4 Å². The van der Waals surface area contributed by atoms with Crippen LogP contribution in [0, 0.1) is 6.92 Å². The van der Waals surface area contributed by atoms with E-state index in [1.807, 2.05) is 25.1 Å². The van der Waals surface area contributed by atoms with Crippen molar-refractivity contribution in [2.45, 2.75) is 19.4 Å². The quantitative estimate of drug-likeness (QED) is 0.714. The highest BCUT2D eigenvalue weighted by Crippen LogP contribution is 2.17. The van der Waals surface area contributed by atoms with Crippen LogP contribution in [0.3, 0.4) is 0 Å². The Balaban J connectivity index is 2.87. The summed E-state index contributed by atoms with van der Waals surface area (Å²) >= 11 is 0. The smallest absolute Gasteiger partial charge is 0.305 e. The van der Waals surface area contributed by atoms with Gasteiger partial charge in [0.15, 0.2) is 0 Å². The number of benzene rings is 1. The molecule has 0 aromatic heterocycles. The second-order valence-electron chi connectivity index (χ2n) is 3.35. The minimum Gasteiger partial charge on any atom is -0.481 e. The number of rotatable bonds is 5. The number of hydrogen-bond acceptors (Lipinski definition) is 2. The van der Waals surface area contributed by atoms with Crippen LogP contribution in [0.1, 0.15) is 23.6 Å². The Morgan fingerprint density at radius 1 is 1.60 bits per heavy atom. The zero-order valence-electron chi connectivity index (χ0n) is 8.43. The second-order valence-corrected chi connectivity index (χ2v) is 3.35. The van der Waals surface area contributed by atoms with Gasteiger partial charge >= 0.3 is 5.97 Å². The monoisotopic (exact) mass is 207 g/mol. The first-order chi connectivity index (χ1) is 7.13. The fourth-order valence-electron chi connectivity index (χ4n) is 1.42. The molecule has 2 N–H and O–H groups in total. The average Bonchev–Trinajstić information content (AvgIpc) is 2.16. The molecule has 0 aliphatic rings. The Bertz CT molecular complexity index is 363. The van der Waals surface area contributed by atoms with E-state index in [9.17, 15) is 9.59 Å². The van der Waals surface area contributed by atoms with E-state index in [0.717, 1.165) is 11.1 Å². The summed E-state index contributed by atoms with van der Waals surface area (Å²) in [7, 11) is 0.